The van der Waals surface area contributed by atoms with Gasteiger partial charge in [-0.3, -0.25) is 0 Å². The topological polar surface area (TPSA) is 49.0 Å². The van der Waals surface area contributed by atoms with Crippen LogP contribution in [0, 0.1) is 0 Å². The van der Waals surface area contributed by atoms with Gasteiger partial charge in [-0.15, -0.1) is 0 Å². The lowest BCUT2D eigenvalue weighted by atomic mass is 10.1. The summed E-state index contributed by atoms with van der Waals surface area (Å²) in [5.41, 5.74) is 1.16. The maximum Gasteiger partial charge on any atom is 0.123 e. The van der Waals surface area contributed by atoms with E-state index in [1.165, 1.54) is 0 Å². The van der Waals surface area contributed by atoms with Crippen molar-refractivity contribution in [1.82, 2.24) is 5.32 Å². The minimum Gasteiger partial charge on any atom is -0.496 e. The Labute approximate surface area is 127 Å². The predicted octanol–water partition coefficient (Wildman–Crippen LogP) is 2.03. The van der Waals surface area contributed by atoms with Crippen LogP contribution in [0.2, 0.25) is 0 Å². The number of rotatable bonds is 12. The van der Waals surface area contributed by atoms with E-state index in [0.29, 0.717) is 33.0 Å². The summed E-state index contributed by atoms with van der Waals surface area (Å²) in [4.78, 5) is 0. The van der Waals surface area contributed by atoms with Crippen molar-refractivity contribution in [2.75, 3.05) is 53.8 Å². The summed E-state index contributed by atoms with van der Waals surface area (Å²) in [5.74, 6) is 0.907. The highest BCUT2D eigenvalue weighted by atomic mass is 16.5. The third kappa shape index (κ3) is 7.43. The molecule has 1 rings (SSSR count). The molecule has 1 aromatic rings. The molecule has 0 aliphatic rings. The molecule has 0 radical (unpaired) electrons. The molecule has 21 heavy (non-hydrogen) atoms. The fourth-order valence-corrected chi connectivity index (χ4v) is 1.95. The molecule has 0 unspecified atom stereocenters. The van der Waals surface area contributed by atoms with Gasteiger partial charge in [0.2, 0.25) is 0 Å². The Kier molecular flexibility index (Phi) is 9.82. The number of nitrogens with one attached hydrogen (secondary N) is 1. The molecular weight excluding hydrogens is 270 g/mol. The van der Waals surface area contributed by atoms with Gasteiger partial charge in [-0.25, -0.2) is 0 Å². The SMILES string of the molecule is COCCOCCOCCN[C@H](C)c1ccccc1OC. The molecule has 0 fully saturated rings. The molecule has 0 aliphatic carbocycles. The van der Waals surface area contributed by atoms with Gasteiger partial charge in [0.05, 0.1) is 40.1 Å². The van der Waals surface area contributed by atoms with Crippen molar-refractivity contribution < 1.29 is 18.9 Å². The zero-order valence-corrected chi connectivity index (χ0v) is 13.3. The second-order valence-electron chi connectivity index (χ2n) is 4.64. The molecule has 0 aromatic heterocycles. The summed E-state index contributed by atoms with van der Waals surface area (Å²) in [6, 6.07) is 8.26. The van der Waals surface area contributed by atoms with E-state index in [4.69, 9.17) is 18.9 Å². The summed E-state index contributed by atoms with van der Waals surface area (Å²) in [5, 5.41) is 3.42. The maximum absolute atomic E-state index is 5.50. The molecule has 0 heterocycles. The summed E-state index contributed by atoms with van der Waals surface area (Å²) in [6.07, 6.45) is 0. The molecule has 5 heteroatoms. The van der Waals surface area contributed by atoms with E-state index >= 15 is 0 Å². The molecule has 1 aromatic carbocycles. The lowest BCUT2D eigenvalue weighted by molar-refractivity contribution is 0.0253. The molecule has 0 bridgehead atoms. The second-order valence-corrected chi connectivity index (χ2v) is 4.64. The van der Waals surface area contributed by atoms with Gasteiger partial charge in [-0.2, -0.15) is 0 Å². The van der Waals surface area contributed by atoms with Gasteiger partial charge in [0.1, 0.15) is 5.75 Å². The van der Waals surface area contributed by atoms with Crippen molar-refractivity contribution in [1.29, 1.82) is 0 Å². The van der Waals surface area contributed by atoms with Crippen LogP contribution in [-0.2, 0) is 14.2 Å². The average molecular weight is 297 g/mol. The molecule has 5 nitrogen and oxygen atoms in total. The molecule has 0 spiro atoms. The Morgan fingerprint density at radius 2 is 1.62 bits per heavy atom. The second kappa shape index (κ2) is 11.5. The lowest BCUT2D eigenvalue weighted by Crippen LogP contribution is -2.24. The van der Waals surface area contributed by atoms with E-state index in [-0.39, 0.29) is 6.04 Å². The zero-order valence-electron chi connectivity index (χ0n) is 13.3. The number of methoxy groups -OCH3 is 2. The Bertz CT molecular complexity index is 373. The summed E-state index contributed by atoms with van der Waals surface area (Å²) in [7, 11) is 3.35. The molecule has 120 valence electrons. The van der Waals surface area contributed by atoms with Gasteiger partial charge in [-0.1, -0.05) is 18.2 Å². The third-order valence-electron chi connectivity index (χ3n) is 3.11. The van der Waals surface area contributed by atoms with Crippen molar-refractivity contribution in [2.45, 2.75) is 13.0 Å². The van der Waals surface area contributed by atoms with Gasteiger partial charge in [0, 0.05) is 25.3 Å². The monoisotopic (exact) mass is 297 g/mol. The molecule has 0 saturated carbocycles. The van der Waals surface area contributed by atoms with E-state index in [9.17, 15) is 0 Å². The van der Waals surface area contributed by atoms with Crippen LogP contribution < -0.4 is 10.1 Å². The fourth-order valence-electron chi connectivity index (χ4n) is 1.95. The highest BCUT2D eigenvalue weighted by molar-refractivity contribution is 5.35. The number of hydrogen-bond donors (Lipinski definition) is 1. The first-order chi connectivity index (χ1) is 10.3. The van der Waals surface area contributed by atoms with Gasteiger partial charge in [0.15, 0.2) is 0 Å². The van der Waals surface area contributed by atoms with Crippen LogP contribution in [0.1, 0.15) is 18.5 Å². The fraction of sp³-hybridized carbons (Fsp3) is 0.625. The molecular formula is C16H27NO4. The summed E-state index contributed by atoms with van der Waals surface area (Å²) in [6.45, 7) is 6.01. The molecule has 0 aliphatic heterocycles. The first kappa shape index (κ1) is 17.9. The highest BCUT2D eigenvalue weighted by Crippen LogP contribution is 2.23. The van der Waals surface area contributed by atoms with Crippen LogP contribution in [0.5, 0.6) is 5.75 Å². The lowest BCUT2D eigenvalue weighted by Gasteiger charge is -2.17. The Morgan fingerprint density at radius 3 is 2.33 bits per heavy atom. The first-order valence-corrected chi connectivity index (χ1v) is 7.30. The highest BCUT2D eigenvalue weighted by Gasteiger charge is 2.09. The first-order valence-electron chi connectivity index (χ1n) is 7.30. The number of benzene rings is 1. The van der Waals surface area contributed by atoms with Crippen molar-refractivity contribution in [3.63, 3.8) is 0 Å². The molecule has 0 saturated heterocycles. The standard InChI is InChI=1S/C16H27NO4/c1-14(15-6-4-5-7-16(15)19-3)17-8-9-20-12-13-21-11-10-18-2/h4-7,14,17H,8-13H2,1-3H3/t14-/m1/s1. The van der Waals surface area contributed by atoms with E-state index in [1.807, 2.05) is 18.2 Å². The minimum atomic E-state index is 0.225. The van der Waals surface area contributed by atoms with Crippen molar-refractivity contribution in [3.05, 3.63) is 29.8 Å². The van der Waals surface area contributed by atoms with E-state index in [1.54, 1.807) is 14.2 Å². The largest absolute Gasteiger partial charge is 0.496 e. The average Bonchev–Trinajstić information content (AvgIpc) is 2.53. The molecule has 1 N–H and O–H groups in total. The van der Waals surface area contributed by atoms with Gasteiger partial charge >= 0.3 is 0 Å². The van der Waals surface area contributed by atoms with Gasteiger partial charge in [0.25, 0.3) is 0 Å². The number of ether oxygens (including phenoxy) is 4. The Hall–Kier alpha value is -1.14. The quantitative estimate of drug-likeness (QED) is 0.598. The van der Waals surface area contributed by atoms with Gasteiger partial charge in [-0.05, 0) is 13.0 Å². The van der Waals surface area contributed by atoms with E-state index < -0.39 is 0 Å². The van der Waals surface area contributed by atoms with Crippen LogP contribution in [0.3, 0.4) is 0 Å². The number of hydrogen-bond acceptors (Lipinski definition) is 5. The minimum absolute atomic E-state index is 0.225. The summed E-state index contributed by atoms with van der Waals surface area (Å²) < 4.78 is 21.1. The van der Waals surface area contributed by atoms with Crippen LogP contribution in [0.4, 0.5) is 0 Å². The van der Waals surface area contributed by atoms with Gasteiger partial charge < -0.3 is 24.3 Å². The van der Waals surface area contributed by atoms with Crippen LogP contribution in [0.15, 0.2) is 24.3 Å². The van der Waals surface area contributed by atoms with Crippen molar-refractivity contribution >= 4 is 0 Å². The zero-order chi connectivity index (χ0) is 15.3. The normalized spacial score (nSPS) is 12.3. The predicted molar refractivity (Wildman–Crippen MR) is 82.9 cm³/mol. The summed E-state index contributed by atoms with van der Waals surface area (Å²) >= 11 is 0. The van der Waals surface area contributed by atoms with Crippen molar-refractivity contribution in [3.8, 4) is 5.75 Å². The Morgan fingerprint density at radius 1 is 0.952 bits per heavy atom. The molecule has 1 atom stereocenters. The van der Waals surface area contributed by atoms with E-state index in [0.717, 1.165) is 17.9 Å². The van der Waals surface area contributed by atoms with Crippen LogP contribution in [0.25, 0.3) is 0 Å². The smallest absolute Gasteiger partial charge is 0.123 e. The van der Waals surface area contributed by atoms with E-state index in [2.05, 4.69) is 18.3 Å². The number of para-hydroxylation sites is 1. The van der Waals surface area contributed by atoms with Crippen molar-refractivity contribution in [2.24, 2.45) is 0 Å². The molecule has 0 amide bonds. The van der Waals surface area contributed by atoms with Crippen LogP contribution in [-0.4, -0.2) is 53.8 Å². The van der Waals surface area contributed by atoms with Crippen LogP contribution >= 0.6 is 0 Å². The third-order valence-corrected chi connectivity index (χ3v) is 3.11. The Balaban J connectivity index is 2.09. The maximum atomic E-state index is 5.50.